The summed E-state index contributed by atoms with van der Waals surface area (Å²) in [6.45, 7) is 1.71. The van der Waals surface area contributed by atoms with E-state index in [0.717, 1.165) is 30.8 Å². The molecule has 1 aromatic heterocycles. The molecular formula is C25H24N2O2. The quantitative estimate of drug-likeness (QED) is 0.519. The highest BCUT2D eigenvalue weighted by atomic mass is 16.5. The number of methoxy groups -OCH3 is 1. The second-order valence-electron chi connectivity index (χ2n) is 7.59. The molecule has 1 atom stereocenters. The topological polar surface area (TPSA) is 48.5 Å². The van der Waals surface area contributed by atoms with Crippen LogP contribution < -0.4 is 4.74 Å². The van der Waals surface area contributed by atoms with Crippen molar-refractivity contribution in [1.29, 1.82) is 0 Å². The summed E-state index contributed by atoms with van der Waals surface area (Å²) in [6, 6.07) is 24.4. The first-order valence-corrected chi connectivity index (χ1v) is 9.99. The molecule has 146 valence electrons. The molecule has 0 saturated carbocycles. The highest BCUT2D eigenvalue weighted by molar-refractivity contribution is 5.85. The number of nitrogens with zero attached hydrogens (tertiary/aromatic N) is 1. The maximum absolute atomic E-state index is 10.1. The predicted octanol–water partition coefficient (Wildman–Crippen LogP) is 5.03. The summed E-state index contributed by atoms with van der Waals surface area (Å²) >= 11 is 0. The van der Waals surface area contributed by atoms with Crippen LogP contribution in [0.4, 0.5) is 0 Å². The van der Waals surface area contributed by atoms with Gasteiger partial charge in [-0.15, -0.1) is 0 Å². The third-order valence-corrected chi connectivity index (χ3v) is 5.89. The van der Waals surface area contributed by atoms with Crippen molar-refractivity contribution in [1.82, 2.24) is 9.88 Å². The van der Waals surface area contributed by atoms with Crippen LogP contribution >= 0.6 is 0 Å². The van der Waals surface area contributed by atoms with E-state index in [-0.39, 0.29) is 6.04 Å². The van der Waals surface area contributed by atoms with E-state index in [9.17, 15) is 5.11 Å². The molecule has 1 aliphatic rings. The third-order valence-electron chi connectivity index (χ3n) is 5.89. The fraction of sp³-hybridized carbons (Fsp3) is 0.200. The summed E-state index contributed by atoms with van der Waals surface area (Å²) in [7, 11) is 1.72. The molecule has 4 nitrogen and oxygen atoms in total. The third kappa shape index (κ3) is 3.15. The van der Waals surface area contributed by atoms with Gasteiger partial charge in [0.2, 0.25) is 0 Å². The van der Waals surface area contributed by atoms with Gasteiger partial charge >= 0.3 is 0 Å². The van der Waals surface area contributed by atoms with Crippen LogP contribution in [0.25, 0.3) is 10.9 Å². The molecule has 2 heterocycles. The van der Waals surface area contributed by atoms with Crippen LogP contribution in [0.1, 0.15) is 28.4 Å². The highest BCUT2D eigenvalue weighted by Gasteiger charge is 2.32. The molecule has 0 radical (unpaired) electrons. The number of benzene rings is 3. The lowest BCUT2D eigenvalue weighted by Gasteiger charge is -2.36. The number of fused-ring (bicyclic) bond motifs is 3. The molecule has 3 aromatic carbocycles. The zero-order valence-corrected chi connectivity index (χ0v) is 16.4. The number of para-hydroxylation sites is 2. The Morgan fingerprint density at radius 2 is 1.86 bits per heavy atom. The minimum atomic E-state index is 0.0446. The van der Waals surface area contributed by atoms with E-state index in [1.54, 1.807) is 13.2 Å². The van der Waals surface area contributed by atoms with Crippen LogP contribution in [0.15, 0.2) is 72.8 Å². The van der Waals surface area contributed by atoms with Crippen molar-refractivity contribution >= 4 is 10.9 Å². The van der Waals surface area contributed by atoms with Crippen LogP contribution in [-0.2, 0) is 13.0 Å². The van der Waals surface area contributed by atoms with Crippen molar-refractivity contribution in [3.63, 3.8) is 0 Å². The SMILES string of the molecule is COc1ccccc1CN1CCc2c([nH]c3ccccc23)[C@H]1c1cccc(O)c1. The first-order valence-electron chi connectivity index (χ1n) is 9.99. The number of nitrogens with one attached hydrogen (secondary N) is 1. The van der Waals surface area contributed by atoms with Crippen molar-refractivity contribution in [2.24, 2.45) is 0 Å². The van der Waals surface area contributed by atoms with Crippen LogP contribution in [0.2, 0.25) is 0 Å². The largest absolute Gasteiger partial charge is 0.508 e. The van der Waals surface area contributed by atoms with E-state index in [2.05, 4.69) is 52.3 Å². The Kier molecular flexibility index (Phi) is 4.49. The van der Waals surface area contributed by atoms with Crippen LogP contribution in [0.5, 0.6) is 11.5 Å². The van der Waals surface area contributed by atoms with Gasteiger partial charge in [-0.25, -0.2) is 0 Å². The standard InChI is InChI=1S/C25H24N2O2/c1-29-23-12-5-2-7-18(23)16-27-14-13-21-20-10-3-4-11-22(20)26-24(21)25(27)17-8-6-9-19(28)15-17/h2-12,15,25-26,28H,13-14,16H2,1H3/t25-/m1/s1. The molecule has 0 spiro atoms. The molecule has 0 unspecified atom stereocenters. The van der Waals surface area contributed by atoms with Gasteiger partial charge in [0.05, 0.1) is 13.2 Å². The first kappa shape index (κ1) is 17.8. The number of hydrogen-bond donors (Lipinski definition) is 2. The fourth-order valence-corrected chi connectivity index (χ4v) is 4.59. The van der Waals surface area contributed by atoms with Crippen molar-refractivity contribution in [2.45, 2.75) is 19.0 Å². The molecule has 0 bridgehead atoms. The average Bonchev–Trinajstić information content (AvgIpc) is 3.12. The lowest BCUT2D eigenvalue weighted by Crippen LogP contribution is -2.35. The van der Waals surface area contributed by atoms with Gasteiger partial charge in [-0.3, -0.25) is 4.90 Å². The van der Waals surface area contributed by atoms with Gasteiger partial charge < -0.3 is 14.8 Å². The highest BCUT2D eigenvalue weighted by Crippen LogP contribution is 2.40. The number of ether oxygens (including phenoxy) is 1. The number of aromatic nitrogens is 1. The Bertz CT molecular complexity index is 1160. The van der Waals surface area contributed by atoms with Gasteiger partial charge in [0.1, 0.15) is 11.5 Å². The summed E-state index contributed by atoms with van der Waals surface area (Å²) in [5.74, 6) is 1.20. The summed E-state index contributed by atoms with van der Waals surface area (Å²) in [6.07, 6.45) is 0.990. The summed E-state index contributed by atoms with van der Waals surface area (Å²) in [4.78, 5) is 6.14. The number of hydrogen-bond acceptors (Lipinski definition) is 3. The predicted molar refractivity (Wildman–Crippen MR) is 115 cm³/mol. The Labute approximate surface area is 170 Å². The number of aromatic amines is 1. The second-order valence-corrected chi connectivity index (χ2v) is 7.59. The maximum Gasteiger partial charge on any atom is 0.123 e. The zero-order chi connectivity index (χ0) is 19.8. The molecule has 0 saturated heterocycles. The first-order chi connectivity index (χ1) is 14.2. The summed E-state index contributed by atoms with van der Waals surface area (Å²) in [5, 5.41) is 11.4. The fourth-order valence-electron chi connectivity index (χ4n) is 4.59. The monoisotopic (exact) mass is 384 g/mol. The smallest absolute Gasteiger partial charge is 0.123 e. The molecule has 29 heavy (non-hydrogen) atoms. The lowest BCUT2D eigenvalue weighted by molar-refractivity contribution is 0.199. The molecule has 4 heteroatoms. The Hall–Kier alpha value is -3.24. The number of phenols is 1. The summed E-state index contributed by atoms with van der Waals surface area (Å²) in [5.41, 5.74) is 6.03. The van der Waals surface area contributed by atoms with Crippen molar-refractivity contribution in [3.05, 3.63) is 95.2 Å². The zero-order valence-electron chi connectivity index (χ0n) is 16.4. The molecular weight excluding hydrogens is 360 g/mol. The molecule has 5 rings (SSSR count). The number of H-pyrrole nitrogens is 1. The number of rotatable bonds is 4. The molecule has 0 fully saturated rings. The van der Waals surface area contributed by atoms with Crippen LogP contribution in [0.3, 0.4) is 0 Å². The van der Waals surface area contributed by atoms with Gasteiger partial charge in [-0.05, 0) is 41.8 Å². The van der Waals surface area contributed by atoms with Crippen LogP contribution in [-0.4, -0.2) is 28.6 Å². The normalized spacial score (nSPS) is 16.7. The van der Waals surface area contributed by atoms with Crippen molar-refractivity contribution in [3.8, 4) is 11.5 Å². The number of phenolic OH excluding ortho intramolecular Hbond substituents is 1. The number of aromatic hydroxyl groups is 1. The van der Waals surface area contributed by atoms with E-state index in [0.29, 0.717) is 5.75 Å². The molecule has 4 aromatic rings. The molecule has 0 aliphatic carbocycles. The van der Waals surface area contributed by atoms with E-state index in [1.165, 1.54) is 27.7 Å². The van der Waals surface area contributed by atoms with Crippen molar-refractivity contribution in [2.75, 3.05) is 13.7 Å². The van der Waals surface area contributed by atoms with E-state index in [4.69, 9.17) is 4.74 Å². The maximum atomic E-state index is 10.1. The van der Waals surface area contributed by atoms with Gasteiger partial charge in [-0.1, -0.05) is 48.5 Å². The Morgan fingerprint density at radius 3 is 2.72 bits per heavy atom. The molecule has 0 amide bonds. The second kappa shape index (κ2) is 7.30. The van der Waals surface area contributed by atoms with E-state index in [1.807, 2.05) is 24.3 Å². The summed E-state index contributed by atoms with van der Waals surface area (Å²) < 4.78 is 5.59. The molecule has 1 aliphatic heterocycles. The van der Waals surface area contributed by atoms with Crippen LogP contribution in [0, 0.1) is 0 Å². The minimum absolute atomic E-state index is 0.0446. The van der Waals surface area contributed by atoms with Gasteiger partial charge in [0.15, 0.2) is 0 Å². The van der Waals surface area contributed by atoms with Crippen molar-refractivity contribution < 1.29 is 9.84 Å². The average molecular weight is 384 g/mol. The van der Waals surface area contributed by atoms with E-state index < -0.39 is 0 Å². The Morgan fingerprint density at radius 1 is 1.03 bits per heavy atom. The molecule has 2 N–H and O–H groups in total. The van der Waals surface area contributed by atoms with E-state index >= 15 is 0 Å². The lowest BCUT2D eigenvalue weighted by atomic mass is 9.91. The van der Waals surface area contributed by atoms with Gasteiger partial charge in [0, 0.05) is 35.2 Å². The van der Waals surface area contributed by atoms with Gasteiger partial charge in [0.25, 0.3) is 0 Å². The Balaban J connectivity index is 1.63. The minimum Gasteiger partial charge on any atom is -0.508 e. The van der Waals surface area contributed by atoms with Gasteiger partial charge in [-0.2, -0.15) is 0 Å².